The predicted octanol–water partition coefficient (Wildman–Crippen LogP) is 2.66. The molecule has 0 heterocycles. The third kappa shape index (κ3) is 5.03. The van der Waals surface area contributed by atoms with Gasteiger partial charge in [0.15, 0.2) is 0 Å². The Bertz CT molecular complexity index is 289. The Kier molecular flexibility index (Phi) is 6.42. The van der Waals surface area contributed by atoms with Crippen LogP contribution in [0.3, 0.4) is 0 Å². The summed E-state index contributed by atoms with van der Waals surface area (Å²) in [5.74, 6) is 0.880. The lowest BCUT2D eigenvalue weighted by molar-refractivity contribution is 0.283. The molecular weight excluding hydrogens is 202 g/mol. The van der Waals surface area contributed by atoms with E-state index in [9.17, 15) is 0 Å². The lowest BCUT2D eigenvalue weighted by atomic mass is 10.2. The van der Waals surface area contributed by atoms with E-state index in [1.807, 2.05) is 24.3 Å². The summed E-state index contributed by atoms with van der Waals surface area (Å²) in [5, 5.41) is 12.0. The molecule has 0 aliphatic heterocycles. The fourth-order valence-electron chi connectivity index (χ4n) is 1.56. The quantitative estimate of drug-likeness (QED) is 0.666. The van der Waals surface area contributed by atoms with Crippen LogP contribution < -0.4 is 10.1 Å². The highest BCUT2D eigenvalue weighted by atomic mass is 16.5. The number of aliphatic hydroxyl groups is 1. The average Bonchev–Trinajstić information content (AvgIpc) is 2.34. The summed E-state index contributed by atoms with van der Waals surface area (Å²) in [5.41, 5.74) is 1.10. The van der Waals surface area contributed by atoms with Crippen molar-refractivity contribution in [3.8, 4) is 5.75 Å². The van der Waals surface area contributed by atoms with Gasteiger partial charge in [-0.25, -0.2) is 0 Å². The van der Waals surface area contributed by atoms with Crippen molar-refractivity contribution in [2.75, 3.05) is 25.6 Å². The molecule has 1 aromatic carbocycles. The topological polar surface area (TPSA) is 41.5 Å². The first-order valence-electron chi connectivity index (χ1n) is 5.85. The molecule has 16 heavy (non-hydrogen) atoms. The standard InChI is InChI=1S/C13H21NO2/c1-16-13-8-6-7-12(11-13)14-9-4-2-3-5-10-15/h6-8,11,14-15H,2-5,9-10H2,1H3. The van der Waals surface area contributed by atoms with E-state index in [4.69, 9.17) is 9.84 Å². The predicted molar refractivity (Wildman–Crippen MR) is 67.0 cm³/mol. The van der Waals surface area contributed by atoms with Gasteiger partial charge in [-0.2, -0.15) is 0 Å². The number of rotatable bonds is 8. The third-order valence-corrected chi connectivity index (χ3v) is 2.48. The van der Waals surface area contributed by atoms with Crippen LogP contribution in [0.2, 0.25) is 0 Å². The minimum Gasteiger partial charge on any atom is -0.497 e. The Balaban J connectivity index is 2.16. The normalized spacial score (nSPS) is 10.1. The van der Waals surface area contributed by atoms with Gasteiger partial charge in [0.25, 0.3) is 0 Å². The minimum absolute atomic E-state index is 0.309. The maximum Gasteiger partial charge on any atom is 0.120 e. The van der Waals surface area contributed by atoms with Crippen molar-refractivity contribution in [3.05, 3.63) is 24.3 Å². The first-order valence-corrected chi connectivity index (χ1v) is 5.85. The Morgan fingerprint density at radius 3 is 2.75 bits per heavy atom. The number of benzene rings is 1. The van der Waals surface area contributed by atoms with Crippen LogP contribution in [-0.4, -0.2) is 25.4 Å². The first-order chi connectivity index (χ1) is 7.86. The molecular formula is C13H21NO2. The molecule has 0 amide bonds. The van der Waals surface area contributed by atoms with E-state index in [2.05, 4.69) is 5.32 Å². The van der Waals surface area contributed by atoms with Gasteiger partial charge in [-0.1, -0.05) is 18.9 Å². The highest BCUT2D eigenvalue weighted by Gasteiger charge is 1.94. The number of nitrogens with one attached hydrogen (secondary N) is 1. The number of aliphatic hydroxyl groups excluding tert-OH is 1. The van der Waals surface area contributed by atoms with Crippen LogP contribution in [0.15, 0.2) is 24.3 Å². The van der Waals surface area contributed by atoms with E-state index < -0.39 is 0 Å². The molecule has 3 nitrogen and oxygen atoms in total. The number of ether oxygens (including phenoxy) is 1. The summed E-state index contributed by atoms with van der Waals surface area (Å²) in [6.45, 7) is 1.28. The van der Waals surface area contributed by atoms with Gasteiger partial charge >= 0.3 is 0 Å². The second kappa shape index (κ2) is 7.99. The molecule has 0 aliphatic carbocycles. The summed E-state index contributed by atoms with van der Waals surface area (Å²) < 4.78 is 5.15. The number of unbranched alkanes of at least 4 members (excludes halogenated alkanes) is 3. The van der Waals surface area contributed by atoms with E-state index in [-0.39, 0.29) is 0 Å². The van der Waals surface area contributed by atoms with Gasteiger partial charge in [-0.05, 0) is 25.0 Å². The molecule has 0 unspecified atom stereocenters. The second-order valence-corrected chi connectivity index (χ2v) is 3.80. The molecule has 2 N–H and O–H groups in total. The molecule has 0 spiro atoms. The molecule has 0 aliphatic rings. The van der Waals surface area contributed by atoms with Gasteiger partial charge < -0.3 is 15.2 Å². The van der Waals surface area contributed by atoms with Gasteiger partial charge in [0.05, 0.1) is 7.11 Å². The number of methoxy groups -OCH3 is 1. The molecule has 0 atom stereocenters. The van der Waals surface area contributed by atoms with Crippen LogP contribution in [0.5, 0.6) is 5.75 Å². The van der Waals surface area contributed by atoms with Crippen molar-refractivity contribution < 1.29 is 9.84 Å². The number of anilines is 1. The van der Waals surface area contributed by atoms with Crippen LogP contribution in [0.1, 0.15) is 25.7 Å². The zero-order valence-electron chi connectivity index (χ0n) is 9.91. The third-order valence-electron chi connectivity index (χ3n) is 2.48. The van der Waals surface area contributed by atoms with Gasteiger partial charge in [-0.15, -0.1) is 0 Å². The zero-order valence-corrected chi connectivity index (χ0v) is 9.91. The smallest absolute Gasteiger partial charge is 0.120 e. The summed E-state index contributed by atoms with van der Waals surface area (Å²) >= 11 is 0. The number of hydrogen-bond acceptors (Lipinski definition) is 3. The summed E-state index contributed by atoms with van der Waals surface area (Å²) in [7, 11) is 1.67. The Hall–Kier alpha value is -1.22. The molecule has 0 saturated heterocycles. The molecule has 0 saturated carbocycles. The van der Waals surface area contributed by atoms with Crippen molar-refractivity contribution in [1.82, 2.24) is 0 Å². The fraction of sp³-hybridized carbons (Fsp3) is 0.538. The summed E-state index contributed by atoms with van der Waals surface area (Å²) in [6, 6.07) is 7.95. The highest BCUT2D eigenvalue weighted by Crippen LogP contribution is 2.16. The van der Waals surface area contributed by atoms with Crippen LogP contribution in [-0.2, 0) is 0 Å². The minimum atomic E-state index is 0.309. The van der Waals surface area contributed by atoms with Crippen LogP contribution >= 0.6 is 0 Å². The monoisotopic (exact) mass is 223 g/mol. The maximum absolute atomic E-state index is 8.63. The second-order valence-electron chi connectivity index (χ2n) is 3.80. The molecule has 0 radical (unpaired) electrons. The van der Waals surface area contributed by atoms with Gasteiger partial charge in [0, 0.05) is 24.9 Å². The molecule has 0 aromatic heterocycles. The summed E-state index contributed by atoms with van der Waals surface area (Å²) in [6.07, 6.45) is 4.32. The van der Waals surface area contributed by atoms with Gasteiger partial charge in [0.2, 0.25) is 0 Å². The Labute approximate surface area is 97.4 Å². The average molecular weight is 223 g/mol. The van der Waals surface area contributed by atoms with Gasteiger partial charge in [-0.3, -0.25) is 0 Å². The summed E-state index contributed by atoms with van der Waals surface area (Å²) in [4.78, 5) is 0. The van der Waals surface area contributed by atoms with Crippen molar-refractivity contribution in [2.24, 2.45) is 0 Å². The SMILES string of the molecule is COc1cccc(NCCCCCCO)c1. The van der Waals surface area contributed by atoms with Crippen molar-refractivity contribution in [1.29, 1.82) is 0 Å². The van der Waals surface area contributed by atoms with Crippen molar-refractivity contribution in [2.45, 2.75) is 25.7 Å². The first kappa shape index (κ1) is 12.8. The van der Waals surface area contributed by atoms with Gasteiger partial charge in [0.1, 0.15) is 5.75 Å². The van der Waals surface area contributed by atoms with Crippen LogP contribution in [0, 0.1) is 0 Å². The van der Waals surface area contributed by atoms with E-state index in [0.29, 0.717) is 6.61 Å². The molecule has 1 rings (SSSR count). The largest absolute Gasteiger partial charge is 0.497 e. The maximum atomic E-state index is 8.63. The molecule has 3 heteroatoms. The van der Waals surface area contributed by atoms with Crippen molar-refractivity contribution >= 4 is 5.69 Å². The van der Waals surface area contributed by atoms with E-state index in [1.54, 1.807) is 7.11 Å². The highest BCUT2D eigenvalue weighted by molar-refractivity contribution is 5.47. The molecule has 1 aromatic rings. The van der Waals surface area contributed by atoms with Crippen molar-refractivity contribution in [3.63, 3.8) is 0 Å². The van der Waals surface area contributed by atoms with E-state index >= 15 is 0 Å². The zero-order chi connectivity index (χ0) is 11.6. The van der Waals surface area contributed by atoms with Crippen LogP contribution in [0.25, 0.3) is 0 Å². The van der Waals surface area contributed by atoms with E-state index in [1.165, 1.54) is 0 Å². The molecule has 0 bridgehead atoms. The molecule has 90 valence electrons. The molecule has 0 fully saturated rings. The number of hydrogen-bond donors (Lipinski definition) is 2. The Morgan fingerprint density at radius 1 is 1.19 bits per heavy atom. The van der Waals surface area contributed by atoms with Crippen LogP contribution in [0.4, 0.5) is 5.69 Å². The fourth-order valence-corrected chi connectivity index (χ4v) is 1.56. The lowest BCUT2D eigenvalue weighted by Crippen LogP contribution is -2.01. The van der Waals surface area contributed by atoms with E-state index in [0.717, 1.165) is 43.7 Å². The lowest BCUT2D eigenvalue weighted by Gasteiger charge is -2.07. The Morgan fingerprint density at radius 2 is 2.00 bits per heavy atom.